The van der Waals surface area contributed by atoms with Crippen molar-refractivity contribution in [2.45, 2.75) is 25.9 Å². The highest BCUT2D eigenvalue weighted by Gasteiger charge is 2.16. The monoisotopic (exact) mass is 298 g/mol. The van der Waals surface area contributed by atoms with Crippen LogP contribution in [0.2, 0.25) is 0 Å². The van der Waals surface area contributed by atoms with Gasteiger partial charge in [0.2, 0.25) is 0 Å². The second-order valence-electron chi connectivity index (χ2n) is 5.14. The van der Waals surface area contributed by atoms with Crippen LogP contribution >= 0.6 is 0 Å². The van der Waals surface area contributed by atoms with Crippen molar-refractivity contribution in [2.24, 2.45) is 0 Å². The van der Waals surface area contributed by atoms with Crippen molar-refractivity contribution in [3.05, 3.63) is 48.0 Å². The average Bonchev–Trinajstić information content (AvgIpc) is 2.86. The molecule has 0 aliphatic carbocycles. The summed E-state index contributed by atoms with van der Waals surface area (Å²) in [6.07, 6.45) is 0. The summed E-state index contributed by atoms with van der Waals surface area (Å²) in [7, 11) is 0. The number of nitrogens with one attached hydrogen (secondary N) is 1. The Hall–Kier alpha value is -1.36. The van der Waals surface area contributed by atoms with Crippen molar-refractivity contribution in [2.75, 3.05) is 6.61 Å². The number of halogens is 2. The minimum Gasteiger partial charge on any atom is -1.00 e. The fourth-order valence-electron chi connectivity index (χ4n) is 1.66. The molecule has 1 aromatic heterocycles. The summed E-state index contributed by atoms with van der Waals surface area (Å²) < 4.78 is 19.2. The topological polar surface area (TPSA) is 45.4 Å². The molecule has 2 N–H and O–H groups in total. The second-order valence-corrected chi connectivity index (χ2v) is 5.14. The van der Waals surface area contributed by atoms with Crippen molar-refractivity contribution >= 4 is 0 Å². The molecule has 0 bridgehead atoms. The number of rotatable bonds is 5. The molecule has 2 rings (SSSR count). The number of furan rings is 1. The SMILES string of the molecule is CC(C)(CO)NCc1ccc(-c2ccccc2F)o1.[Cl-]. The van der Waals surface area contributed by atoms with Gasteiger partial charge in [-0.05, 0) is 38.1 Å². The molecule has 0 radical (unpaired) electrons. The summed E-state index contributed by atoms with van der Waals surface area (Å²) in [5, 5.41) is 12.3. The van der Waals surface area contributed by atoms with Gasteiger partial charge in [0.15, 0.2) is 0 Å². The Balaban J connectivity index is 0.00000200. The second kappa shape index (κ2) is 6.88. The number of benzene rings is 1. The van der Waals surface area contributed by atoms with Gasteiger partial charge in [-0.25, -0.2) is 4.39 Å². The van der Waals surface area contributed by atoms with Crippen LogP contribution in [0.4, 0.5) is 4.39 Å². The van der Waals surface area contributed by atoms with Crippen molar-refractivity contribution in [1.29, 1.82) is 0 Å². The minimum atomic E-state index is -0.370. The van der Waals surface area contributed by atoms with Gasteiger partial charge in [-0.1, -0.05) is 12.1 Å². The van der Waals surface area contributed by atoms with Gasteiger partial charge in [0.1, 0.15) is 17.3 Å². The molecule has 0 aliphatic heterocycles. The van der Waals surface area contributed by atoms with Crippen LogP contribution in [0.15, 0.2) is 40.8 Å². The lowest BCUT2D eigenvalue weighted by Crippen LogP contribution is -3.00. The number of aliphatic hydroxyl groups excluding tert-OH is 1. The van der Waals surface area contributed by atoms with Gasteiger partial charge in [-0.15, -0.1) is 0 Å². The predicted molar refractivity (Wildman–Crippen MR) is 72.1 cm³/mol. The number of hydrogen-bond acceptors (Lipinski definition) is 3. The van der Waals surface area contributed by atoms with Crippen molar-refractivity contribution in [3.8, 4) is 11.3 Å². The highest BCUT2D eigenvalue weighted by molar-refractivity contribution is 5.58. The van der Waals surface area contributed by atoms with E-state index in [4.69, 9.17) is 9.52 Å². The van der Waals surface area contributed by atoms with Gasteiger partial charge in [0.05, 0.1) is 18.7 Å². The molecule has 1 heterocycles. The summed E-state index contributed by atoms with van der Waals surface area (Å²) in [6.45, 7) is 4.32. The molecule has 0 aliphatic rings. The fourth-order valence-corrected chi connectivity index (χ4v) is 1.66. The minimum absolute atomic E-state index is 0. The van der Waals surface area contributed by atoms with Crippen LogP contribution in [0.25, 0.3) is 11.3 Å². The molecule has 0 saturated heterocycles. The predicted octanol–water partition coefficient (Wildman–Crippen LogP) is -0.0498. The van der Waals surface area contributed by atoms with E-state index in [1.165, 1.54) is 6.07 Å². The molecule has 0 unspecified atom stereocenters. The molecule has 0 saturated carbocycles. The first-order valence-electron chi connectivity index (χ1n) is 6.21. The van der Waals surface area contributed by atoms with E-state index < -0.39 is 0 Å². The van der Waals surface area contributed by atoms with E-state index in [0.717, 1.165) is 0 Å². The molecule has 1 aromatic carbocycles. The average molecular weight is 299 g/mol. The molecule has 5 heteroatoms. The first-order chi connectivity index (χ1) is 9.02. The Morgan fingerprint density at radius 3 is 2.55 bits per heavy atom. The van der Waals surface area contributed by atoms with Crippen molar-refractivity contribution < 1.29 is 26.3 Å². The summed E-state index contributed by atoms with van der Waals surface area (Å²) >= 11 is 0. The van der Waals surface area contributed by atoms with Crippen molar-refractivity contribution in [1.82, 2.24) is 5.32 Å². The number of aliphatic hydroxyl groups is 1. The van der Waals surface area contributed by atoms with E-state index in [2.05, 4.69) is 5.32 Å². The standard InChI is InChI=1S/C15H18FNO2.ClH/c1-15(2,10-18)17-9-11-7-8-14(19-11)12-5-3-4-6-13(12)16;/h3-8,17-18H,9-10H2,1-2H3;1H/p-1. The quantitative estimate of drug-likeness (QED) is 0.814. The molecule has 0 fully saturated rings. The molecule has 2 aromatic rings. The maximum atomic E-state index is 13.6. The van der Waals surface area contributed by atoms with E-state index in [1.54, 1.807) is 24.3 Å². The zero-order chi connectivity index (χ0) is 13.9. The Morgan fingerprint density at radius 1 is 1.20 bits per heavy atom. The fraction of sp³-hybridized carbons (Fsp3) is 0.333. The Morgan fingerprint density at radius 2 is 1.90 bits per heavy atom. The van der Waals surface area contributed by atoms with Crippen LogP contribution in [-0.2, 0) is 6.54 Å². The van der Waals surface area contributed by atoms with E-state index in [9.17, 15) is 4.39 Å². The maximum Gasteiger partial charge on any atom is 0.137 e. The van der Waals surface area contributed by atoms with Gasteiger partial charge in [0, 0.05) is 5.54 Å². The molecule has 110 valence electrons. The number of hydrogen-bond donors (Lipinski definition) is 2. The Kier molecular flexibility index (Phi) is 5.74. The Bertz CT molecular complexity index is 554. The molecular weight excluding hydrogens is 281 g/mol. The molecule has 3 nitrogen and oxygen atoms in total. The van der Waals surface area contributed by atoms with Gasteiger partial charge in [0.25, 0.3) is 0 Å². The van der Waals surface area contributed by atoms with Crippen LogP contribution < -0.4 is 17.7 Å². The van der Waals surface area contributed by atoms with Crippen molar-refractivity contribution in [3.63, 3.8) is 0 Å². The highest BCUT2D eigenvalue weighted by atomic mass is 35.5. The molecule has 0 amide bonds. The normalized spacial score (nSPS) is 11.2. The summed E-state index contributed by atoms with van der Waals surface area (Å²) in [4.78, 5) is 0. The van der Waals surface area contributed by atoms with Crippen LogP contribution in [0.5, 0.6) is 0 Å². The van der Waals surface area contributed by atoms with Gasteiger partial charge >= 0.3 is 0 Å². The summed E-state index contributed by atoms with van der Waals surface area (Å²) in [6, 6.07) is 10.1. The largest absolute Gasteiger partial charge is 1.00 e. The highest BCUT2D eigenvalue weighted by Crippen LogP contribution is 2.24. The van der Waals surface area contributed by atoms with Gasteiger partial charge in [-0.2, -0.15) is 0 Å². The van der Waals surface area contributed by atoms with Crippen LogP contribution in [-0.4, -0.2) is 17.3 Å². The Labute approximate surface area is 124 Å². The van der Waals surface area contributed by atoms with E-state index >= 15 is 0 Å². The molecular formula is C15H18ClFNO2-. The van der Waals surface area contributed by atoms with E-state index in [-0.39, 0.29) is 30.4 Å². The molecule has 0 spiro atoms. The zero-order valence-corrected chi connectivity index (χ0v) is 12.2. The lowest BCUT2D eigenvalue weighted by Gasteiger charge is -2.22. The van der Waals surface area contributed by atoms with E-state index in [1.807, 2.05) is 19.9 Å². The van der Waals surface area contributed by atoms with Crippen LogP contribution in [0.1, 0.15) is 19.6 Å². The lowest BCUT2D eigenvalue weighted by atomic mass is 10.1. The third-order valence-electron chi connectivity index (χ3n) is 2.94. The first-order valence-corrected chi connectivity index (χ1v) is 6.21. The smallest absolute Gasteiger partial charge is 0.137 e. The molecule has 20 heavy (non-hydrogen) atoms. The summed E-state index contributed by atoms with van der Waals surface area (Å²) in [5.74, 6) is 0.920. The third-order valence-corrected chi connectivity index (χ3v) is 2.94. The van der Waals surface area contributed by atoms with Gasteiger partial charge < -0.3 is 27.2 Å². The maximum absolute atomic E-state index is 13.6. The zero-order valence-electron chi connectivity index (χ0n) is 11.5. The third kappa shape index (κ3) is 4.07. The van der Waals surface area contributed by atoms with Gasteiger partial charge in [-0.3, -0.25) is 0 Å². The van der Waals surface area contributed by atoms with E-state index in [0.29, 0.717) is 23.6 Å². The van der Waals surface area contributed by atoms with Crippen LogP contribution in [0.3, 0.4) is 0 Å². The van der Waals surface area contributed by atoms with Crippen LogP contribution in [0, 0.1) is 5.82 Å². The molecule has 0 atom stereocenters. The lowest BCUT2D eigenvalue weighted by molar-refractivity contribution is -0.00000607. The summed E-state index contributed by atoms with van der Waals surface area (Å²) in [5.41, 5.74) is 0.0838. The first kappa shape index (κ1) is 16.7.